The Morgan fingerprint density at radius 2 is 2.04 bits per heavy atom. The number of nitrogens with one attached hydrogen (secondary N) is 1. The fourth-order valence-electron chi connectivity index (χ4n) is 2.27. The first kappa shape index (κ1) is 20.0. The number of rotatable bonds is 8. The number of ketones is 1. The number of carbonyl (C=O) groups is 3. The minimum Gasteiger partial charge on any atom is -0.485 e. The van der Waals surface area contributed by atoms with E-state index in [9.17, 15) is 14.4 Å². The van der Waals surface area contributed by atoms with E-state index >= 15 is 0 Å². The highest BCUT2D eigenvalue weighted by atomic mass is 35.5. The first-order valence-electron chi connectivity index (χ1n) is 7.86. The van der Waals surface area contributed by atoms with Crippen LogP contribution < -0.4 is 10.1 Å². The number of ether oxygens (including phenoxy) is 1. The van der Waals surface area contributed by atoms with Crippen molar-refractivity contribution in [1.29, 1.82) is 0 Å². The number of imide groups is 1. The molecule has 0 aromatic heterocycles. The van der Waals surface area contributed by atoms with Gasteiger partial charge in [0, 0.05) is 5.57 Å². The summed E-state index contributed by atoms with van der Waals surface area (Å²) in [5.41, 5.74) is 1.20. The number of hydrogen-bond donors (Lipinski definition) is 1. The van der Waals surface area contributed by atoms with Crippen molar-refractivity contribution in [1.82, 2.24) is 5.32 Å². The molecular formula is C19H18ClNO4S. The molecule has 1 aliphatic rings. The van der Waals surface area contributed by atoms with E-state index in [4.69, 9.17) is 16.3 Å². The molecule has 5 nitrogen and oxygen atoms in total. The Labute approximate surface area is 161 Å². The minimum atomic E-state index is -0.412. The quantitative estimate of drug-likeness (QED) is 0.539. The largest absolute Gasteiger partial charge is 0.485 e. The van der Waals surface area contributed by atoms with Crippen molar-refractivity contribution >= 4 is 40.3 Å². The van der Waals surface area contributed by atoms with Crippen molar-refractivity contribution in [3.63, 3.8) is 0 Å². The van der Waals surface area contributed by atoms with Crippen LogP contribution in [0.4, 0.5) is 4.79 Å². The molecule has 26 heavy (non-hydrogen) atoms. The lowest BCUT2D eigenvalue weighted by molar-refractivity contribution is -0.119. The Balaban J connectivity index is 1.94. The lowest BCUT2D eigenvalue weighted by atomic mass is 10.1. The summed E-state index contributed by atoms with van der Waals surface area (Å²) in [5.74, 6) is -0.0235. The smallest absolute Gasteiger partial charge is 0.286 e. The number of thioether (sulfide) groups is 1. The van der Waals surface area contributed by atoms with Gasteiger partial charge in [0.05, 0.1) is 10.3 Å². The molecule has 2 amide bonds. The molecule has 1 aromatic rings. The van der Waals surface area contributed by atoms with Gasteiger partial charge in [0.1, 0.15) is 5.75 Å². The van der Waals surface area contributed by atoms with E-state index in [1.165, 1.54) is 6.08 Å². The molecule has 0 bridgehead atoms. The Morgan fingerprint density at radius 3 is 2.58 bits per heavy atom. The first-order chi connectivity index (χ1) is 12.4. The van der Waals surface area contributed by atoms with Crippen molar-refractivity contribution in [2.75, 3.05) is 6.61 Å². The lowest BCUT2D eigenvalue weighted by Gasteiger charge is -2.09. The molecule has 1 unspecified atom stereocenters. The summed E-state index contributed by atoms with van der Waals surface area (Å²) in [5, 5.41) is 1.84. The fraction of sp³-hybridized carbons (Fsp3) is 0.211. The van der Waals surface area contributed by atoms with E-state index in [-0.39, 0.29) is 23.5 Å². The maximum Gasteiger partial charge on any atom is 0.286 e. The van der Waals surface area contributed by atoms with Crippen LogP contribution in [0.3, 0.4) is 0 Å². The van der Waals surface area contributed by atoms with Crippen molar-refractivity contribution in [3.05, 3.63) is 65.2 Å². The highest BCUT2D eigenvalue weighted by Crippen LogP contribution is 2.24. The van der Waals surface area contributed by atoms with Gasteiger partial charge in [0.15, 0.2) is 6.61 Å². The second-order valence-electron chi connectivity index (χ2n) is 5.41. The number of carbonyl (C=O) groups excluding carboxylic acids is 3. The standard InChI is InChI=1S/C19H18ClNO4S/c1-3-5-15(20)14(4-2)16(22)11-25-13-8-6-12(7-9-13)10-17-18(23)21-19(24)26-17/h3-9,17H,2,10-11H2,1H3,(H,21,23,24)/b5-3-,15-14-. The molecule has 136 valence electrons. The third kappa shape index (κ3) is 5.34. The molecule has 0 saturated carbocycles. The topological polar surface area (TPSA) is 72.5 Å². The molecule has 2 rings (SSSR count). The maximum absolute atomic E-state index is 12.2. The van der Waals surface area contributed by atoms with Crippen LogP contribution in [0.25, 0.3) is 0 Å². The molecule has 7 heteroatoms. The summed E-state index contributed by atoms with van der Waals surface area (Å²) >= 11 is 7.03. The second kappa shape index (κ2) is 9.40. The molecule has 0 radical (unpaired) electrons. The average molecular weight is 392 g/mol. The van der Waals surface area contributed by atoms with Gasteiger partial charge in [0.25, 0.3) is 5.24 Å². The fourth-order valence-corrected chi connectivity index (χ4v) is 3.44. The summed E-state index contributed by atoms with van der Waals surface area (Å²) in [7, 11) is 0. The van der Waals surface area contributed by atoms with E-state index in [2.05, 4.69) is 11.9 Å². The molecule has 1 aromatic carbocycles. The Morgan fingerprint density at radius 1 is 1.35 bits per heavy atom. The first-order valence-corrected chi connectivity index (χ1v) is 9.11. The van der Waals surface area contributed by atoms with Crippen molar-refractivity contribution in [2.45, 2.75) is 18.6 Å². The molecule has 1 fully saturated rings. The normalized spacial score (nSPS) is 17.8. The number of hydrogen-bond acceptors (Lipinski definition) is 5. The van der Waals surface area contributed by atoms with Gasteiger partial charge in [-0.25, -0.2) is 0 Å². The molecule has 1 saturated heterocycles. The van der Waals surface area contributed by atoms with Crippen molar-refractivity contribution in [2.24, 2.45) is 0 Å². The zero-order chi connectivity index (χ0) is 19.1. The molecule has 1 N–H and O–H groups in total. The third-order valence-corrected chi connectivity index (χ3v) is 4.87. The Kier molecular flexibility index (Phi) is 7.24. The average Bonchev–Trinajstić information content (AvgIpc) is 2.92. The van der Waals surface area contributed by atoms with Gasteiger partial charge in [-0.15, -0.1) is 0 Å². The van der Waals surface area contributed by atoms with Crippen LogP contribution in [0.2, 0.25) is 0 Å². The predicted octanol–water partition coefficient (Wildman–Crippen LogP) is 3.78. The van der Waals surface area contributed by atoms with Crippen LogP contribution in [0.15, 0.2) is 59.7 Å². The Bertz CT molecular complexity index is 783. The molecule has 0 aliphatic carbocycles. The Hall–Kier alpha value is -2.31. The van der Waals surface area contributed by atoms with E-state index in [0.717, 1.165) is 17.3 Å². The van der Waals surface area contributed by atoms with E-state index < -0.39 is 5.25 Å². The van der Waals surface area contributed by atoms with Crippen molar-refractivity contribution < 1.29 is 19.1 Å². The molecule has 1 atom stereocenters. The summed E-state index contributed by atoms with van der Waals surface area (Å²) in [6.45, 7) is 5.24. The zero-order valence-electron chi connectivity index (χ0n) is 14.2. The monoisotopic (exact) mass is 391 g/mol. The van der Waals surface area contributed by atoms with Gasteiger partial charge in [-0.1, -0.05) is 54.2 Å². The highest BCUT2D eigenvalue weighted by molar-refractivity contribution is 8.15. The SMILES string of the molecule is C=C/C(C(=O)COc1ccc(CC2SC(=O)NC2=O)cc1)=C(Cl)\C=C/C. The van der Waals surface area contributed by atoms with Crippen LogP contribution in [0, 0.1) is 0 Å². The van der Waals surface area contributed by atoms with Gasteiger partial charge in [-0.05, 0) is 37.1 Å². The highest BCUT2D eigenvalue weighted by Gasteiger charge is 2.31. The maximum atomic E-state index is 12.2. The molecule has 1 aliphatic heterocycles. The number of halogens is 1. The second-order valence-corrected chi connectivity index (χ2v) is 6.99. The number of Topliss-reactive ketones (excluding diaryl/α,β-unsaturated/α-hetero) is 1. The minimum absolute atomic E-state index is 0.163. The van der Waals surface area contributed by atoms with Gasteiger partial charge < -0.3 is 4.74 Å². The van der Waals surface area contributed by atoms with Crippen LogP contribution >= 0.6 is 23.4 Å². The summed E-state index contributed by atoms with van der Waals surface area (Å²) in [6, 6.07) is 7.03. The summed E-state index contributed by atoms with van der Waals surface area (Å²) in [6.07, 6.45) is 5.20. The third-order valence-electron chi connectivity index (χ3n) is 3.56. The van der Waals surface area contributed by atoms with Crippen LogP contribution in [-0.2, 0) is 16.0 Å². The van der Waals surface area contributed by atoms with E-state index in [1.54, 1.807) is 43.3 Å². The predicted molar refractivity (Wildman–Crippen MR) is 103 cm³/mol. The lowest BCUT2D eigenvalue weighted by Crippen LogP contribution is -2.25. The molecular weight excluding hydrogens is 374 g/mol. The summed E-state index contributed by atoms with van der Waals surface area (Å²) < 4.78 is 5.49. The van der Waals surface area contributed by atoms with Gasteiger partial charge in [-0.2, -0.15) is 0 Å². The van der Waals surface area contributed by atoms with E-state index in [0.29, 0.717) is 22.8 Å². The van der Waals surface area contributed by atoms with Crippen LogP contribution in [-0.4, -0.2) is 28.8 Å². The number of amides is 2. The van der Waals surface area contributed by atoms with Crippen LogP contribution in [0.5, 0.6) is 5.75 Å². The number of benzene rings is 1. The summed E-state index contributed by atoms with van der Waals surface area (Å²) in [4.78, 5) is 34.9. The van der Waals surface area contributed by atoms with E-state index in [1.807, 2.05) is 0 Å². The molecule has 1 heterocycles. The van der Waals surface area contributed by atoms with Gasteiger partial charge >= 0.3 is 0 Å². The van der Waals surface area contributed by atoms with Gasteiger partial charge in [-0.3, -0.25) is 19.7 Å². The van der Waals surface area contributed by atoms with Gasteiger partial charge in [0.2, 0.25) is 11.7 Å². The van der Waals surface area contributed by atoms with Crippen LogP contribution in [0.1, 0.15) is 12.5 Å². The zero-order valence-corrected chi connectivity index (χ0v) is 15.7. The number of allylic oxidation sites excluding steroid dienone is 4. The van der Waals surface area contributed by atoms with Crippen molar-refractivity contribution in [3.8, 4) is 5.75 Å². The molecule has 0 spiro atoms.